The Kier molecular flexibility index (Phi) is 3.90. The minimum atomic E-state index is -3.60. The first-order valence-corrected chi connectivity index (χ1v) is 6.35. The van der Waals surface area contributed by atoms with Crippen molar-refractivity contribution in [1.82, 2.24) is 4.72 Å². The number of nitrogens with one attached hydrogen (secondary N) is 1. The topological polar surface area (TPSA) is 92.4 Å². The van der Waals surface area contributed by atoms with E-state index in [0.29, 0.717) is 11.3 Å². The van der Waals surface area contributed by atoms with Crippen LogP contribution in [0.15, 0.2) is 23.1 Å². The second kappa shape index (κ2) is 4.82. The third-order valence-electron chi connectivity index (χ3n) is 2.07. The Labute approximate surface area is 95.3 Å². The van der Waals surface area contributed by atoms with Crippen molar-refractivity contribution >= 4 is 15.7 Å². The van der Waals surface area contributed by atoms with E-state index in [-0.39, 0.29) is 11.4 Å². The first-order valence-electron chi connectivity index (χ1n) is 4.87. The van der Waals surface area contributed by atoms with Gasteiger partial charge in [0.05, 0.1) is 11.0 Å². The Morgan fingerprint density at radius 3 is 2.69 bits per heavy atom. The zero-order chi connectivity index (χ0) is 12.3. The molecule has 1 rings (SSSR count). The fraction of sp³-hybridized carbons (Fsp3) is 0.400. The maximum absolute atomic E-state index is 11.8. The number of hydrogen-bond donors (Lipinski definition) is 3. The van der Waals surface area contributed by atoms with Crippen molar-refractivity contribution in [3.8, 4) is 0 Å². The molecule has 16 heavy (non-hydrogen) atoms. The lowest BCUT2D eigenvalue weighted by molar-refractivity contribution is 0.198. The summed E-state index contributed by atoms with van der Waals surface area (Å²) >= 11 is 0. The van der Waals surface area contributed by atoms with E-state index in [2.05, 4.69) is 4.72 Å². The third-order valence-corrected chi connectivity index (χ3v) is 3.64. The average molecular weight is 244 g/mol. The van der Waals surface area contributed by atoms with E-state index in [4.69, 9.17) is 10.8 Å². The highest BCUT2D eigenvalue weighted by Gasteiger charge is 2.17. The smallest absolute Gasteiger partial charge is 0.240 e. The number of sulfonamides is 1. The number of nitrogens with two attached hydrogens (primary N) is 1. The van der Waals surface area contributed by atoms with Gasteiger partial charge in [-0.3, -0.25) is 0 Å². The van der Waals surface area contributed by atoms with Crippen LogP contribution < -0.4 is 10.5 Å². The van der Waals surface area contributed by atoms with Gasteiger partial charge in [-0.25, -0.2) is 13.1 Å². The Balaban J connectivity index is 3.02. The van der Waals surface area contributed by atoms with Gasteiger partial charge in [0.15, 0.2) is 0 Å². The fourth-order valence-corrected chi connectivity index (χ4v) is 2.61. The van der Waals surface area contributed by atoms with Crippen molar-refractivity contribution < 1.29 is 13.5 Å². The summed E-state index contributed by atoms with van der Waals surface area (Å²) in [7, 11) is -3.60. The standard InChI is InChI=1S/C10H16N2O3S/c1-7-3-4-9(11)5-10(7)16(14,15)12-6-8(2)13/h3-5,8,12-13H,6,11H2,1-2H3/t8-/m0/s1. The van der Waals surface area contributed by atoms with E-state index < -0.39 is 16.1 Å². The molecule has 1 aromatic carbocycles. The molecule has 0 radical (unpaired) electrons. The molecule has 0 bridgehead atoms. The molecular formula is C10H16N2O3S. The van der Waals surface area contributed by atoms with Crippen molar-refractivity contribution in [2.75, 3.05) is 12.3 Å². The normalized spacial score (nSPS) is 13.7. The van der Waals surface area contributed by atoms with Crippen LogP contribution in [0.4, 0.5) is 5.69 Å². The van der Waals surface area contributed by atoms with E-state index in [0.717, 1.165) is 0 Å². The van der Waals surface area contributed by atoms with E-state index in [1.807, 2.05) is 0 Å². The number of aliphatic hydroxyl groups excluding tert-OH is 1. The zero-order valence-electron chi connectivity index (χ0n) is 9.27. The summed E-state index contributed by atoms with van der Waals surface area (Å²) in [5, 5.41) is 9.03. The van der Waals surface area contributed by atoms with Gasteiger partial charge in [-0.1, -0.05) is 6.07 Å². The molecule has 0 unspecified atom stereocenters. The molecule has 0 aliphatic heterocycles. The summed E-state index contributed by atoms with van der Waals surface area (Å²) in [6.45, 7) is 3.18. The van der Waals surface area contributed by atoms with Crippen LogP contribution in [0.1, 0.15) is 12.5 Å². The number of rotatable bonds is 4. The highest BCUT2D eigenvalue weighted by molar-refractivity contribution is 7.89. The van der Waals surface area contributed by atoms with Crippen LogP contribution in [0, 0.1) is 6.92 Å². The molecule has 0 aliphatic carbocycles. The molecule has 90 valence electrons. The summed E-state index contributed by atoms with van der Waals surface area (Å²) in [6, 6.07) is 4.69. The van der Waals surface area contributed by atoms with Crippen LogP contribution in [0.25, 0.3) is 0 Å². The van der Waals surface area contributed by atoms with Gasteiger partial charge >= 0.3 is 0 Å². The predicted octanol–water partition coefficient (Wildman–Crippen LogP) is 0.236. The Morgan fingerprint density at radius 1 is 1.50 bits per heavy atom. The maximum Gasteiger partial charge on any atom is 0.240 e. The Hall–Kier alpha value is -1.11. The van der Waals surface area contributed by atoms with Gasteiger partial charge < -0.3 is 10.8 Å². The number of benzene rings is 1. The number of hydrogen-bond acceptors (Lipinski definition) is 4. The highest BCUT2D eigenvalue weighted by atomic mass is 32.2. The summed E-state index contributed by atoms with van der Waals surface area (Å²) in [5.41, 5.74) is 6.55. The van der Waals surface area contributed by atoms with E-state index in [9.17, 15) is 8.42 Å². The molecule has 1 atom stereocenters. The summed E-state index contributed by atoms with van der Waals surface area (Å²) in [6.07, 6.45) is -0.726. The number of anilines is 1. The number of nitrogen functional groups attached to an aromatic ring is 1. The second-order valence-corrected chi connectivity index (χ2v) is 5.46. The van der Waals surface area contributed by atoms with Gasteiger partial charge in [-0.15, -0.1) is 0 Å². The van der Waals surface area contributed by atoms with Crippen LogP contribution in [0.2, 0.25) is 0 Å². The van der Waals surface area contributed by atoms with Crippen molar-refractivity contribution in [3.05, 3.63) is 23.8 Å². The Bertz CT molecular complexity index is 469. The van der Waals surface area contributed by atoms with Crippen LogP contribution >= 0.6 is 0 Å². The molecular weight excluding hydrogens is 228 g/mol. The lowest BCUT2D eigenvalue weighted by Crippen LogP contribution is -2.31. The molecule has 0 heterocycles. The van der Waals surface area contributed by atoms with E-state index in [1.54, 1.807) is 19.1 Å². The van der Waals surface area contributed by atoms with Crippen molar-refractivity contribution in [3.63, 3.8) is 0 Å². The van der Waals surface area contributed by atoms with Crippen molar-refractivity contribution in [1.29, 1.82) is 0 Å². The molecule has 4 N–H and O–H groups in total. The van der Waals surface area contributed by atoms with Crippen LogP contribution in [0.5, 0.6) is 0 Å². The van der Waals surface area contributed by atoms with Crippen LogP contribution in [-0.2, 0) is 10.0 Å². The third kappa shape index (κ3) is 3.19. The van der Waals surface area contributed by atoms with Crippen molar-refractivity contribution in [2.24, 2.45) is 0 Å². The molecule has 5 nitrogen and oxygen atoms in total. The first kappa shape index (κ1) is 13.0. The van der Waals surface area contributed by atoms with Crippen molar-refractivity contribution in [2.45, 2.75) is 24.8 Å². The number of aryl methyl sites for hydroxylation is 1. The highest BCUT2D eigenvalue weighted by Crippen LogP contribution is 2.17. The molecule has 0 amide bonds. The summed E-state index contributed by atoms with van der Waals surface area (Å²) in [5.74, 6) is 0. The molecule has 0 spiro atoms. The SMILES string of the molecule is Cc1ccc(N)cc1S(=O)(=O)NC[C@H](C)O. The minimum absolute atomic E-state index is 0.0173. The van der Waals surface area contributed by atoms with Gasteiger partial charge in [0, 0.05) is 12.2 Å². The lowest BCUT2D eigenvalue weighted by Gasteiger charge is -2.11. The van der Waals surface area contributed by atoms with Crippen LogP contribution in [-0.4, -0.2) is 26.2 Å². The largest absolute Gasteiger partial charge is 0.399 e. The Morgan fingerprint density at radius 2 is 2.12 bits per heavy atom. The van der Waals surface area contributed by atoms with Gasteiger partial charge in [0.2, 0.25) is 10.0 Å². The molecule has 6 heteroatoms. The molecule has 0 aromatic heterocycles. The van der Waals surface area contributed by atoms with Gasteiger partial charge in [0.25, 0.3) is 0 Å². The monoisotopic (exact) mass is 244 g/mol. The predicted molar refractivity (Wildman–Crippen MR) is 62.5 cm³/mol. The second-order valence-electron chi connectivity index (χ2n) is 3.73. The van der Waals surface area contributed by atoms with Gasteiger partial charge in [-0.2, -0.15) is 0 Å². The molecule has 1 aromatic rings. The first-order chi connectivity index (χ1) is 7.33. The van der Waals surface area contributed by atoms with Gasteiger partial charge in [-0.05, 0) is 31.5 Å². The quantitative estimate of drug-likeness (QED) is 0.661. The van der Waals surface area contributed by atoms with E-state index in [1.165, 1.54) is 13.0 Å². The summed E-state index contributed by atoms with van der Waals surface area (Å²) in [4.78, 5) is 0.146. The van der Waals surface area contributed by atoms with Crippen LogP contribution in [0.3, 0.4) is 0 Å². The van der Waals surface area contributed by atoms with E-state index >= 15 is 0 Å². The molecule has 0 saturated heterocycles. The lowest BCUT2D eigenvalue weighted by atomic mass is 10.2. The zero-order valence-corrected chi connectivity index (χ0v) is 10.1. The molecule has 0 aliphatic rings. The average Bonchev–Trinajstić information content (AvgIpc) is 2.19. The molecule has 0 fully saturated rings. The maximum atomic E-state index is 11.8. The summed E-state index contributed by atoms with van der Waals surface area (Å²) < 4.78 is 26.0. The fourth-order valence-electron chi connectivity index (χ4n) is 1.21. The number of aliphatic hydroxyl groups is 1. The molecule has 0 saturated carbocycles. The minimum Gasteiger partial charge on any atom is -0.399 e. The van der Waals surface area contributed by atoms with Gasteiger partial charge in [0.1, 0.15) is 0 Å².